The number of carbonyl (C=O) groups excluding carboxylic acids is 1. The van der Waals surface area contributed by atoms with Crippen LogP contribution in [0.5, 0.6) is 0 Å². The van der Waals surface area contributed by atoms with Crippen LogP contribution in [0.3, 0.4) is 0 Å². The van der Waals surface area contributed by atoms with E-state index in [1.165, 1.54) is 0 Å². The zero-order valence-electron chi connectivity index (χ0n) is 12.1. The van der Waals surface area contributed by atoms with Gasteiger partial charge in [-0.15, -0.1) is 0 Å². The highest BCUT2D eigenvalue weighted by Crippen LogP contribution is 2.19. The van der Waals surface area contributed by atoms with Gasteiger partial charge in [-0.05, 0) is 49.2 Å². The lowest BCUT2D eigenvalue weighted by atomic mass is 9.97. The van der Waals surface area contributed by atoms with Gasteiger partial charge in [0.1, 0.15) is 0 Å². The minimum Gasteiger partial charge on any atom is -0.386 e. The van der Waals surface area contributed by atoms with E-state index in [1.807, 2.05) is 24.3 Å². The second kappa shape index (κ2) is 6.29. The Morgan fingerprint density at radius 3 is 2.19 bits per heavy atom. The summed E-state index contributed by atoms with van der Waals surface area (Å²) < 4.78 is 0. The fourth-order valence-electron chi connectivity index (χ4n) is 1.92. The molecule has 0 aliphatic carbocycles. The van der Waals surface area contributed by atoms with Crippen LogP contribution in [0.15, 0.2) is 48.5 Å². The minimum absolute atomic E-state index is 0.141. The fraction of sp³-hybridized carbons (Fsp3) is 0.235. The van der Waals surface area contributed by atoms with Crippen LogP contribution in [0.1, 0.15) is 35.3 Å². The number of benzene rings is 2. The summed E-state index contributed by atoms with van der Waals surface area (Å²) in [7, 11) is 0. The van der Waals surface area contributed by atoms with Gasteiger partial charge < -0.3 is 10.4 Å². The Labute approximate surface area is 129 Å². The van der Waals surface area contributed by atoms with Crippen LogP contribution in [0.2, 0.25) is 5.02 Å². The van der Waals surface area contributed by atoms with Gasteiger partial charge in [-0.2, -0.15) is 0 Å². The largest absolute Gasteiger partial charge is 0.386 e. The maximum Gasteiger partial charge on any atom is 0.251 e. The highest BCUT2D eigenvalue weighted by Gasteiger charge is 2.15. The Hall–Kier alpha value is -1.84. The van der Waals surface area contributed by atoms with E-state index < -0.39 is 5.60 Å². The molecule has 0 aliphatic rings. The second-order valence-corrected chi connectivity index (χ2v) is 5.88. The SMILES string of the molecule is CC(C)(O)c1ccc(CNC(=O)c2ccc(Cl)cc2)cc1. The van der Waals surface area contributed by atoms with Crippen molar-refractivity contribution >= 4 is 17.5 Å². The highest BCUT2D eigenvalue weighted by atomic mass is 35.5. The highest BCUT2D eigenvalue weighted by molar-refractivity contribution is 6.30. The third-order valence-corrected chi connectivity index (χ3v) is 3.47. The number of rotatable bonds is 4. The van der Waals surface area contributed by atoms with Crippen molar-refractivity contribution in [2.75, 3.05) is 0 Å². The predicted molar refractivity (Wildman–Crippen MR) is 84.3 cm³/mol. The van der Waals surface area contributed by atoms with Crippen molar-refractivity contribution in [2.24, 2.45) is 0 Å². The third kappa shape index (κ3) is 4.31. The van der Waals surface area contributed by atoms with Crippen molar-refractivity contribution in [3.63, 3.8) is 0 Å². The van der Waals surface area contributed by atoms with Gasteiger partial charge in [-0.25, -0.2) is 0 Å². The molecule has 0 spiro atoms. The monoisotopic (exact) mass is 303 g/mol. The molecule has 2 aromatic rings. The van der Waals surface area contributed by atoms with Gasteiger partial charge >= 0.3 is 0 Å². The normalized spacial score (nSPS) is 11.2. The zero-order chi connectivity index (χ0) is 15.5. The van der Waals surface area contributed by atoms with Crippen molar-refractivity contribution in [1.82, 2.24) is 5.32 Å². The quantitative estimate of drug-likeness (QED) is 0.908. The first-order valence-corrected chi connectivity index (χ1v) is 7.09. The van der Waals surface area contributed by atoms with E-state index in [0.717, 1.165) is 11.1 Å². The third-order valence-electron chi connectivity index (χ3n) is 3.22. The Kier molecular flexibility index (Phi) is 4.66. The molecule has 1 amide bonds. The Morgan fingerprint density at radius 1 is 1.10 bits per heavy atom. The topological polar surface area (TPSA) is 49.3 Å². The summed E-state index contributed by atoms with van der Waals surface area (Å²) >= 11 is 5.79. The van der Waals surface area contributed by atoms with Crippen molar-refractivity contribution < 1.29 is 9.90 Å². The van der Waals surface area contributed by atoms with Gasteiger partial charge in [-0.3, -0.25) is 4.79 Å². The summed E-state index contributed by atoms with van der Waals surface area (Å²) in [5, 5.41) is 13.3. The average molecular weight is 304 g/mol. The second-order valence-electron chi connectivity index (χ2n) is 5.45. The summed E-state index contributed by atoms with van der Waals surface area (Å²) in [5.74, 6) is -0.141. The number of nitrogens with one attached hydrogen (secondary N) is 1. The van der Waals surface area contributed by atoms with Crippen molar-refractivity contribution in [1.29, 1.82) is 0 Å². The predicted octanol–water partition coefficient (Wildman–Crippen LogP) is 3.50. The maximum atomic E-state index is 12.0. The average Bonchev–Trinajstić information content (AvgIpc) is 2.45. The maximum absolute atomic E-state index is 12.0. The lowest BCUT2D eigenvalue weighted by molar-refractivity contribution is 0.0785. The minimum atomic E-state index is -0.856. The molecule has 0 aliphatic heterocycles. The molecule has 0 radical (unpaired) electrons. The lowest BCUT2D eigenvalue weighted by Crippen LogP contribution is -2.22. The molecule has 4 heteroatoms. The van der Waals surface area contributed by atoms with Gasteiger partial charge in [-0.1, -0.05) is 35.9 Å². The zero-order valence-corrected chi connectivity index (χ0v) is 12.8. The van der Waals surface area contributed by atoms with Crippen LogP contribution in [-0.2, 0) is 12.1 Å². The molecular formula is C17H18ClNO2. The molecular weight excluding hydrogens is 286 g/mol. The number of halogens is 1. The van der Waals surface area contributed by atoms with E-state index >= 15 is 0 Å². The Bertz CT molecular complexity index is 613. The van der Waals surface area contributed by atoms with Gasteiger partial charge in [0, 0.05) is 17.1 Å². The molecule has 0 saturated carbocycles. The number of hydrogen-bond donors (Lipinski definition) is 2. The standard InChI is InChI=1S/C17H18ClNO2/c1-17(2,21)14-7-3-12(4-8-14)11-19-16(20)13-5-9-15(18)10-6-13/h3-10,21H,11H2,1-2H3,(H,19,20). The van der Waals surface area contributed by atoms with E-state index in [4.69, 9.17) is 11.6 Å². The molecule has 0 bridgehead atoms. The van der Waals surface area contributed by atoms with Gasteiger partial charge in [0.05, 0.1) is 5.60 Å². The van der Waals surface area contributed by atoms with E-state index in [2.05, 4.69) is 5.32 Å². The van der Waals surface area contributed by atoms with Crippen LogP contribution in [-0.4, -0.2) is 11.0 Å². The first kappa shape index (κ1) is 15.5. The molecule has 3 nitrogen and oxygen atoms in total. The van der Waals surface area contributed by atoms with E-state index in [9.17, 15) is 9.90 Å². The van der Waals surface area contributed by atoms with Gasteiger partial charge in [0.2, 0.25) is 0 Å². The smallest absolute Gasteiger partial charge is 0.251 e. The van der Waals surface area contributed by atoms with Crippen LogP contribution in [0.25, 0.3) is 0 Å². The van der Waals surface area contributed by atoms with E-state index in [-0.39, 0.29) is 5.91 Å². The van der Waals surface area contributed by atoms with Crippen molar-refractivity contribution in [2.45, 2.75) is 26.0 Å². The van der Waals surface area contributed by atoms with Gasteiger partial charge in [0.15, 0.2) is 0 Å². The summed E-state index contributed by atoms with van der Waals surface area (Å²) in [6.45, 7) is 3.92. The van der Waals surface area contributed by atoms with E-state index in [1.54, 1.807) is 38.1 Å². The van der Waals surface area contributed by atoms with Crippen molar-refractivity contribution in [3.05, 3.63) is 70.2 Å². The van der Waals surface area contributed by atoms with E-state index in [0.29, 0.717) is 17.1 Å². The number of hydrogen-bond acceptors (Lipinski definition) is 2. The molecule has 110 valence electrons. The molecule has 2 rings (SSSR count). The van der Waals surface area contributed by atoms with Crippen molar-refractivity contribution in [3.8, 4) is 0 Å². The number of amides is 1. The van der Waals surface area contributed by atoms with Crippen LogP contribution in [0, 0.1) is 0 Å². The molecule has 0 atom stereocenters. The molecule has 21 heavy (non-hydrogen) atoms. The molecule has 0 aromatic heterocycles. The molecule has 0 unspecified atom stereocenters. The summed E-state index contributed by atoms with van der Waals surface area (Å²) in [6.07, 6.45) is 0. The Morgan fingerprint density at radius 2 is 1.67 bits per heavy atom. The van der Waals surface area contributed by atoms with Crippen LogP contribution >= 0.6 is 11.6 Å². The number of carbonyl (C=O) groups is 1. The van der Waals surface area contributed by atoms with Crippen LogP contribution < -0.4 is 5.32 Å². The first-order chi connectivity index (χ1) is 9.86. The lowest BCUT2D eigenvalue weighted by Gasteiger charge is -2.18. The molecule has 0 fully saturated rings. The molecule has 2 N–H and O–H groups in total. The fourth-order valence-corrected chi connectivity index (χ4v) is 2.04. The summed E-state index contributed by atoms with van der Waals surface area (Å²) in [5.41, 5.74) is 1.54. The summed E-state index contributed by atoms with van der Waals surface area (Å²) in [4.78, 5) is 12.0. The Balaban J connectivity index is 1.97. The van der Waals surface area contributed by atoms with Gasteiger partial charge in [0.25, 0.3) is 5.91 Å². The molecule has 2 aromatic carbocycles. The molecule has 0 saturated heterocycles. The number of aliphatic hydroxyl groups is 1. The summed E-state index contributed by atoms with van der Waals surface area (Å²) in [6, 6.07) is 14.3. The molecule has 0 heterocycles. The van der Waals surface area contributed by atoms with Crippen LogP contribution in [0.4, 0.5) is 0 Å². The first-order valence-electron chi connectivity index (χ1n) is 6.72.